The average molecular weight is 406 g/mol. The maximum atomic E-state index is 6.72. The third-order valence-electron chi connectivity index (χ3n) is 5.83. The number of rotatable bonds is 4. The van der Waals surface area contributed by atoms with Crippen molar-refractivity contribution in [3.8, 4) is 17.2 Å². The first-order valence-electron chi connectivity index (χ1n) is 9.44. The Morgan fingerprint density at radius 1 is 1.00 bits per heavy atom. The minimum atomic E-state index is -0.333. The van der Waals surface area contributed by atoms with E-state index in [1.54, 1.807) is 0 Å². The summed E-state index contributed by atoms with van der Waals surface area (Å²) < 4.78 is 17.3. The predicted molar refractivity (Wildman–Crippen MR) is 107 cm³/mol. The maximum Gasteiger partial charge on any atom is 0.231 e. The van der Waals surface area contributed by atoms with Crippen molar-refractivity contribution in [1.29, 1.82) is 0 Å². The van der Waals surface area contributed by atoms with Crippen LogP contribution in [0.1, 0.15) is 37.3 Å². The SMILES string of the molecule is CCCCCN1CC2(COc3cc4c(cc32)OCO4)c2c(Cl)ccc(Cl)c21. The lowest BCUT2D eigenvalue weighted by molar-refractivity contribution is 0.173. The van der Waals surface area contributed by atoms with Crippen molar-refractivity contribution in [2.24, 2.45) is 0 Å². The molecule has 4 nitrogen and oxygen atoms in total. The molecule has 1 atom stereocenters. The van der Waals surface area contributed by atoms with E-state index in [4.69, 9.17) is 37.4 Å². The van der Waals surface area contributed by atoms with Gasteiger partial charge in [0.05, 0.1) is 16.1 Å². The minimum Gasteiger partial charge on any atom is -0.492 e. The van der Waals surface area contributed by atoms with E-state index in [2.05, 4.69) is 17.9 Å². The fraction of sp³-hybridized carbons (Fsp3) is 0.429. The fourth-order valence-corrected chi connectivity index (χ4v) is 5.18. The molecule has 0 bridgehead atoms. The fourth-order valence-electron chi connectivity index (χ4n) is 4.57. The van der Waals surface area contributed by atoms with Crippen molar-refractivity contribution in [2.45, 2.75) is 31.6 Å². The molecule has 0 saturated carbocycles. The summed E-state index contributed by atoms with van der Waals surface area (Å²) in [7, 11) is 0. The summed E-state index contributed by atoms with van der Waals surface area (Å²) in [5.41, 5.74) is 2.90. The van der Waals surface area contributed by atoms with Gasteiger partial charge in [0, 0.05) is 35.3 Å². The number of halogens is 2. The molecule has 3 aliphatic heterocycles. The number of benzene rings is 2. The Labute approximate surface area is 168 Å². The lowest BCUT2D eigenvalue weighted by Gasteiger charge is -2.25. The molecule has 3 aliphatic rings. The third-order valence-corrected chi connectivity index (χ3v) is 6.45. The molecule has 142 valence electrons. The molecule has 2 aromatic rings. The summed E-state index contributed by atoms with van der Waals surface area (Å²) in [4.78, 5) is 2.38. The van der Waals surface area contributed by atoms with Gasteiger partial charge in [-0.2, -0.15) is 0 Å². The van der Waals surface area contributed by atoms with Gasteiger partial charge in [-0.25, -0.2) is 0 Å². The largest absolute Gasteiger partial charge is 0.492 e. The monoisotopic (exact) mass is 405 g/mol. The van der Waals surface area contributed by atoms with Crippen LogP contribution >= 0.6 is 23.2 Å². The van der Waals surface area contributed by atoms with Gasteiger partial charge in [-0.1, -0.05) is 43.0 Å². The maximum absolute atomic E-state index is 6.72. The zero-order valence-corrected chi connectivity index (χ0v) is 16.7. The second-order valence-corrected chi connectivity index (χ2v) is 8.27. The Morgan fingerprint density at radius 3 is 2.59 bits per heavy atom. The van der Waals surface area contributed by atoms with Gasteiger partial charge in [0.1, 0.15) is 12.4 Å². The van der Waals surface area contributed by atoms with Crippen molar-refractivity contribution < 1.29 is 14.2 Å². The molecule has 0 amide bonds. The Bertz CT molecular complexity index is 917. The van der Waals surface area contributed by atoms with Gasteiger partial charge in [0.15, 0.2) is 11.5 Å². The van der Waals surface area contributed by atoms with E-state index in [0.29, 0.717) is 6.61 Å². The topological polar surface area (TPSA) is 30.9 Å². The lowest BCUT2D eigenvalue weighted by Crippen LogP contribution is -2.36. The summed E-state index contributed by atoms with van der Waals surface area (Å²) in [6.45, 7) is 4.78. The van der Waals surface area contributed by atoms with Gasteiger partial charge >= 0.3 is 0 Å². The first kappa shape index (κ1) is 17.3. The number of ether oxygens (including phenoxy) is 3. The Morgan fingerprint density at radius 2 is 1.78 bits per heavy atom. The van der Waals surface area contributed by atoms with Gasteiger partial charge in [0.25, 0.3) is 0 Å². The van der Waals surface area contributed by atoms with E-state index in [-0.39, 0.29) is 12.2 Å². The zero-order valence-electron chi connectivity index (χ0n) is 15.2. The third kappa shape index (κ3) is 2.50. The lowest BCUT2D eigenvalue weighted by atomic mass is 9.77. The highest BCUT2D eigenvalue weighted by molar-refractivity contribution is 6.36. The Kier molecular flexibility index (Phi) is 4.10. The first-order valence-corrected chi connectivity index (χ1v) is 10.2. The molecular formula is C21H21Cl2NO3. The van der Waals surface area contributed by atoms with Crippen LogP contribution in [0.5, 0.6) is 17.2 Å². The molecule has 0 aliphatic carbocycles. The van der Waals surface area contributed by atoms with Crippen LogP contribution in [0.2, 0.25) is 10.0 Å². The summed E-state index contributed by atoms with van der Waals surface area (Å²) in [5, 5.41) is 1.48. The van der Waals surface area contributed by atoms with E-state index in [0.717, 1.165) is 63.6 Å². The van der Waals surface area contributed by atoms with Crippen LogP contribution < -0.4 is 19.1 Å². The van der Waals surface area contributed by atoms with Crippen LogP contribution in [0.25, 0.3) is 0 Å². The zero-order chi connectivity index (χ0) is 18.6. The van der Waals surface area contributed by atoms with E-state index < -0.39 is 0 Å². The average Bonchev–Trinajstić information content (AvgIpc) is 3.34. The second kappa shape index (κ2) is 6.39. The molecule has 0 saturated heterocycles. The van der Waals surface area contributed by atoms with Crippen LogP contribution in [-0.4, -0.2) is 26.5 Å². The summed E-state index contributed by atoms with van der Waals surface area (Å²) in [6, 6.07) is 7.78. The minimum absolute atomic E-state index is 0.248. The van der Waals surface area contributed by atoms with Crippen molar-refractivity contribution in [2.75, 3.05) is 31.4 Å². The smallest absolute Gasteiger partial charge is 0.231 e. The predicted octanol–water partition coefficient (Wildman–Crippen LogP) is 5.41. The molecule has 1 unspecified atom stereocenters. The molecule has 1 spiro atoms. The Balaban J connectivity index is 1.65. The number of anilines is 1. The second-order valence-electron chi connectivity index (χ2n) is 7.45. The molecule has 6 heteroatoms. The van der Waals surface area contributed by atoms with Crippen LogP contribution in [-0.2, 0) is 5.41 Å². The van der Waals surface area contributed by atoms with Gasteiger partial charge in [-0.15, -0.1) is 0 Å². The highest BCUT2D eigenvalue weighted by Gasteiger charge is 2.52. The molecule has 0 radical (unpaired) electrons. The van der Waals surface area contributed by atoms with E-state index in [9.17, 15) is 0 Å². The van der Waals surface area contributed by atoms with E-state index >= 15 is 0 Å². The Hall–Kier alpha value is -1.78. The highest BCUT2D eigenvalue weighted by Crippen LogP contribution is 2.57. The standard InChI is InChI=1S/C21H21Cl2NO3/c1-2-3-4-7-24-10-21(19-14(22)5-6-15(23)20(19)24)11-25-16-9-18-17(8-13(16)21)26-12-27-18/h5-6,8-9H,2-4,7,10-12H2,1H3. The molecule has 0 aromatic heterocycles. The highest BCUT2D eigenvalue weighted by atomic mass is 35.5. The van der Waals surface area contributed by atoms with Gasteiger partial charge in [-0.3, -0.25) is 0 Å². The number of hydrogen-bond acceptors (Lipinski definition) is 4. The van der Waals surface area contributed by atoms with Crippen LogP contribution in [0.15, 0.2) is 24.3 Å². The van der Waals surface area contributed by atoms with Gasteiger partial charge < -0.3 is 19.1 Å². The number of nitrogens with zero attached hydrogens (tertiary/aromatic N) is 1. The van der Waals surface area contributed by atoms with Crippen molar-refractivity contribution >= 4 is 28.9 Å². The molecule has 27 heavy (non-hydrogen) atoms. The van der Waals surface area contributed by atoms with Crippen LogP contribution in [0.3, 0.4) is 0 Å². The van der Waals surface area contributed by atoms with Crippen LogP contribution in [0, 0.1) is 0 Å². The molecule has 0 N–H and O–H groups in total. The number of hydrogen-bond donors (Lipinski definition) is 0. The first-order chi connectivity index (χ1) is 13.1. The molecular weight excluding hydrogens is 385 g/mol. The summed E-state index contributed by atoms with van der Waals surface area (Å²) in [6.07, 6.45) is 3.51. The van der Waals surface area contributed by atoms with Crippen LogP contribution in [0.4, 0.5) is 5.69 Å². The summed E-state index contributed by atoms with van der Waals surface area (Å²) >= 11 is 13.4. The molecule has 5 rings (SSSR count). The molecule has 3 heterocycles. The van der Waals surface area contributed by atoms with E-state index in [1.807, 2.05) is 18.2 Å². The summed E-state index contributed by atoms with van der Waals surface area (Å²) in [5.74, 6) is 2.35. The van der Waals surface area contributed by atoms with Crippen molar-refractivity contribution in [3.05, 3.63) is 45.4 Å². The van der Waals surface area contributed by atoms with Crippen molar-refractivity contribution in [3.63, 3.8) is 0 Å². The van der Waals surface area contributed by atoms with Gasteiger partial charge in [-0.05, 0) is 24.6 Å². The molecule has 0 fully saturated rings. The number of fused-ring (bicyclic) bond motifs is 5. The molecule has 2 aromatic carbocycles. The normalized spacial score (nSPS) is 21.5. The van der Waals surface area contributed by atoms with Crippen molar-refractivity contribution in [1.82, 2.24) is 0 Å². The number of unbranched alkanes of at least 4 members (excludes halogenated alkanes) is 2. The quantitative estimate of drug-likeness (QED) is 0.636. The van der Waals surface area contributed by atoms with Gasteiger partial charge in [0.2, 0.25) is 6.79 Å². The van der Waals surface area contributed by atoms with E-state index in [1.165, 1.54) is 12.8 Å².